The lowest BCUT2D eigenvalue weighted by molar-refractivity contribution is -0.144. The van der Waals surface area contributed by atoms with Crippen LogP contribution in [-0.4, -0.2) is 125 Å². The lowest BCUT2D eigenvalue weighted by atomic mass is 9.94. The number of aliphatic carboxylic acids is 2. The highest BCUT2D eigenvalue weighted by Gasteiger charge is 2.22. The van der Waals surface area contributed by atoms with E-state index in [2.05, 4.69) is 22.9 Å². The fourth-order valence-corrected chi connectivity index (χ4v) is 6.42. The standard InChI is InChI=1S/C44H81N3O12/c1-3-4-5-6-7-8-9-10-11-12-13-14-15-16-17-21-38(48)34-37(43(52)53)24-25-41(50)47-27-29-57-31-32-58-35-39(49)22-20-28-56-30-33-59-36-42(51)46-26-19-18-23-40(45-2)44(54)55/h37,40,45H,3-36H2,1-2H3,(H,46,51)(H,47,50)(H,52,53)(H,54,55)/t37?,40-/m0/s1. The Morgan fingerprint density at radius 2 is 1.00 bits per heavy atom. The predicted molar refractivity (Wildman–Crippen MR) is 227 cm³/mol. The van der Waals surface area contributed by atoms with Gasteiger partial charge < -0.3 is 45.1 Å². The third-order valence-corrected chi connectivity index (χ3v) is 10.0. The second-order valence-electron chi connectivity index (χ2n) is 15.4. The van der Waals surface area contributed by atoms with E-state index < -0.39 is 23.9 Å². The predicted octanol–water partition coefficient (Wildman–Crippen LogP) is 6.18. The molecule has 1 unspecified atom stereocenters. The Labute approximate surface area is 354 Å². The van der Waals surface area contributed by atoms with Gasteiger partial charge in [-0.25, -0.2) is 0 Å². The molecular weight excluding hydrogens is 762 g/mol. The fourth-order valence-electron chi connectivity index (χ4n) is 6.42. The number of ether oxygens (including phenoxy) is 4. The van der Waals surface area contributed by atoms with Gasteiger partial charge in [0.15, 0.2) is 5.78 Å². The lowest BCUT2D eigenvalue weighted by Gasteiger charge is -2.12. The van der Waals surface area contributed by atoms with Crippen LogP contribution in [0.2, 0.25) is 0 Å². The van der Waals surface area contributed by atoms with Gasteiger partial charge in [0.1, 0.15) is 25.0 Å². The number of Topliss-reactive ketones (excluding diaryl/α,β-unsaturated/α-hetero) is 2. The minimum absolute atomic E-state index is 0.0190. The van der Waals surface area contributed by atoms with E-state index in [9.17, 15) is 33.9 Å². The monoisotopic (exact) mass is 844 g/mol. The molecule has 0 aromatic heterocycles. The number of ketones is 2. The highest BCUT2D eigenvalue weighted by Crippen LogP contribution is 2.17. The molecule has 0 heterocycles. The second-order valence-corrected chi connectivity index (χ2v) is 15.4. The number of likely N-dealkylation sites (N-methyl/N-ethyl adjacent to an activating group) is 1. The van der Waals surface area contributed by atoms with E-state index in [1.165, 1.54) is 77.0 Å². The molecule has 15 heteroatoms. The molecule has 0 bridgehead atoms. The van der Waals surface area contributed by atoms with Gasteiger partial charge in [-0.15, -0.1) is 0 Å². The van der Waals surface area contributed by atoms with E-state index in [1.54, 1.807) is 7.05 Å². The first-order chi connectivity index (χ1) is 28.6. The summed E-state index contributed by atoms with van der Waals surface area (Å²) < 4.78 is 21.5. The summed E-state index contributed by atoms with van der Waals surface area (Å²) in [5, 5.41) is 26.7. The van der Waals surface area contributed by atoms with Crippen molar-refractivity contribution >= 4 is 35.3 Å². The minimum Gasteiger partial charge on any atom is -0.481 e. The van der Waals surface area contributed by atoms with E-state index >= 15 is 0 Å². The summed E-state index contributed by atoms with van der Waals surface area (Å²) in [7, 11) is 1.60. The van der Waals surface area contributed by atoms with Crippen molar-refractivity contribution in [1.29, 1.82) is 0 Å². The number of nitrogens with one attached hydrogen (secondary N) is 3. The molecule has 0 rings (SSSR count). The van der Waals surface area contributed by atoms with Crippen molar-refractivity contribution in [3.8, 4) is 0 Å². The molecule has 0 spiro atoms. The van der Waals surface area contributed by atoms with Crippen LogP contribution in [0.4, 0.5) is 0 Å². The zero-order chi connectivity index (χ0) is 43.6. The Morgan fingerprint density at radius 1 is 0.475 bits per heavy atom. The fraction of sp³-hybridized carbons (Fsp3) is 0.864. The van der Waals surface area contributed by atoms with Gasteiger partial charge in [-0.2, -0.15) is 0 Å². The number of amides is 2. The molecule has 5 N–H and O–H groups in total. The van der Waals surface area contributed by atoms with Gasteiger partial charge >= 0.3 is 11.9 Å². The number of unbranched alkanes of at least 4 members (excludes halogenated alkanes) is 15. The molecule has 344 valence electrons. The highest BCUT2D eigenvalue weighted by molar-refractivity contribution is 5.84. The largest absolute Gasteiger partial charge is 0.481 e. The molecule has 0 aliphatic rings. The summed E-state index contributed by atoms with van der Waals surface area (Å²) in [6, 6.07) is -0.585. The maximum absolute atomic E-state index is 12.4. The molecule has 0 radical (unpaired) electrons. The van der Waals surface area contributed by atoms with Crippen LogP contribution in [0.1, 0.15) is 161 Å². The van der Waals surface area contributed by atoms with Crippen molar-refractivity contribution in [2.45, 2.75) is 167 Å². The smallest absolute Gasteiger partial charge is 0.320 e. The van der Waals surface area contributed by atoms with Crippen molar-refractivity contribution in [2.75, 3.05) is 73.0 Å². The molecule has 0 saturated carbocycles. The van der Waals surface area contributed by atoms with E-state index in [4.69, 9.17) is 24.1 Å². The normalized spacial score (nSPS) is 12.2. The van der Waals surface area contributed by atoms with Crippen molar-refractivity contribution in [3.05, 3.63) is 0 Å². The molecule has 0 fully saturated rings. The van der Waals surface area contributed by atoms with Crippen LogP contribution in [-0.2, 0) is 47.7 Å². The zero-order valence-electron chi connectivity index (χ0n) is 36.7. The molecule has 0 aromatic rings. The van der Waals surface area contributed by atoms with E-state index in [0.29, 0.717) is 58.3 Å². The Hall–Kier alpha value is -2.98. The highest BCUT2D eigenvalue weighted by atomic mass is 16.5. The van der Waals surface area contributed by atoms with E-state index in [0.717, 1.165) is 19.3 Å². The first kappa shape index (κ1) is 56.0. The zero-order valence-corrected chi connectivity index (χ0v) is 36.7. The molecule has 0 aliphatic heterocycles. The SMILES string of the molecule is CCCCCCCCCCCCCCCCCC(=O)CC(CCC(=O)NCCOCCOCC(=O)CCCOCCOCC(=O)NCCCC[C@H](NC)C(=O)O)C(=O)O. The molecule has 0 aromatic carbocycles. The number of carboxylic acids is 2. The number of hydrogen-bond acceptors (Lipinski definition) is 11. The van der Waals surface area contributed by atoms with Gasteiger partial charge in [-0.1, -0.05) is 96.8 Å². The Balaban J connectivity index is 3.66. The topological polar surface area (TPSA) is 216 Å². The summed E-state index contributed by atoms with van der Waals surface area (Å²) >= 11 is 0. The maximum Gasteiger partial charge on any atom is 0.320 e. The van der Waals surface area contributed by atoms with Gasteiger partial charge in [-0.3, -0.25) is 28.8 Å². The summed E-state index contributed by atoms with van der Waals surface area (Å²) in [6.07, 6.45) is 21.9. The first-order valence-electron chi connectivity index (χ1n) is 22.6. The van der Waals surface area contributed by atoms with Crippen LogP contribution < -0.4 is 16.0 Å². The summed E-state index contributed by atoms with van der Waals surface area (Å²) in [4.78, 5) is 71.1. The third-order valence-electron chi connectivity index (χ3n) is 10.0. The van der Waals surface area contributed by atoms with Crippen molar-refractivity contribution in [2.24, 2.45) is 5.92 Å². The summed E-state index contributed by atoms with van der Waals surface area (Å²) in [5.41, 5.74) is 0. The molecule has 2 amide bonds. The Bertz CT molecular complexity index is 1090. The second kappa shape index (κ2) is 41.7. The molecular formula is C44H81N3O12. The number of carbonyl (C=O) groups is 6. The van der Waals surface area contributed by atoms with Crippen LogP contribution in [0.15, 0.2) is 0 Å². The van der Waals surface area contributed by atoms with Gasteiger partial charge in [0, 0.05) is 45.4 Å². The number of rotatable bonds is 46. The van der Waals surface area contributed by atoms with Crippen LogP contribution >= 0.6 is 0 Å². The maximum atomic E-state index is 12.4. The Kier molecular flexibility index (Phi) is 39.6. The summed E-state index contributed by atoms with van der Waals surface area (Å²) in [5.74, 6) is -3.47. The molecule has 2 atom stereocenters. The molecule has 15 nitrogen and oxygen atoms in total. The number of carbonyl (C=O) groups excluding carboxylic acids is 4. The first-order valence-corrected chi connectivity index (χ1v) is 22.6. The van der Waals surface area contributed by atoms with Gasteiger partial charge in [0.25, 0.3) is 0 Å². The third kappa shape index (κ3) is 38.9. The van der Waals surface area contributed by atoms with E-state index in [-0.39, 0.29) is 88.8 Å². The summed E-state index contributed by atoms with van der Waals surface area (Å²) in [6.45, 7) is 4.42. The number of carboxylic acid groups (broad SMARTS) is 2. The van der Waals surface area contributed by atoms with Gasteiger partial charge in [0.05, 0.1) is 39.0 Å². The quantitative estimate of drug-likeness (QED) is 0.0434. The number of hydrogen-bond donors (Lipinski definition) is 5. The van der Waals surface area contributed by atoms with Crippen LogP contribution in [0.5, 0.6) is 0 Å². The molecule has 0 aliphatic carbocycles. The molecule has 59 heavy (non-hydrogen) atoms. The average molecular weight is 844 g/mol. The van der Waals surface area contributed by atoms with Crippen LogP contribution in [0.25, 0.3) is 0 Å². The van der Waals surface area contributed by atoms with Crippen LogP contribution in [0, 0.1) is 5.92 Å². The van der Waals surface area contributed by atoms with Crippen molar-refractivity contribution < 1.29 is 57.9 Å². The van der Waals surface area contributed by atoms with Gasteiger partial charge in [0.2, 0.25) is 11.8 Å². The average Bonchev–Trinajstić information content (AvgIpc) is 3.20. The Morgan fingerprint density at radius 3 is 1.58 bits per heavy atom. The van der Waals surface area contributed by atoms with Crippen LogP contribution in [0.3, 0.4) is 0 Å². The lowest BCUT2D eigenvalue weighted by Crippen LogP contribution is -2.34. The molecule has 0 saturated heterocycles. The van der Waals surface area contributed by atoms with E-state index in [1.807, 2.05) is 0 Å². The van der Waals surface area contributed by atoms with Gasteiger partial charge in [-0.05, 0) is 45.6 Å². The minimum atomic E-state index is -1.05. The van der Waals surface area contributed by atoms with Crippen molar-refractivity contribution in [3.63, 3.8) is 0 Å². The van der Waals surface area contributed by atoms with Crippen molar-refractivity contribution in [1.82, 2.24) is 16.0 Å².